The van der Waals surface area contributed by atoms with Crippen LogP contribution in [-0.4, -0.2) is 63.0 Å². The molecule has 0 bridgehead atoms. The van der Waals surface area contributed by atoms with Crippen LogP contribution in [0.4, 0.5) is 5.69 Å². The topological polar surface area (TPSA) is 71.1 Å². The standard InChI is InChI=1S/C22H29N3O4/c1-16-6-9-18(10-7-16)23-21(26)14-24(2)15-22(27)25(3)13-17-8-11-19(28-4)20(12-17)29-5/h6-12H,13-15H2,1-5H3,(H,23,26). The Morgan fingerprint density at radius 3 is 2.21 bits per heavy atom. The van der Waals surface area contributed by atoms with Gasteiger partial charge in [-0.1, -0.05) is 23.8 Å². The molecule has 156 valence electrons. The first-order valence-electron chi connectivity index (χ1n) is 9.32. The summed E-state index contributed by atoms with van der Waals surface area (Å²) in [6, 6.07) is 13.1. The van der Waals surface area contributed by atoms with Gasteiger partial charge in [-0.25, -0.2) is 0 Å². The van der Waals surface area contributed by atoms with Crippen LogP contribution in [0, 0.1) is 6.92 Å². The number of likely N-dealkylation sites (N-methyl/N-ethyl adjacent to an activating group) is 2. The highest BCUT2D eigenvalue weighted by atomic mass is 16.5. The van der Waals surface area contributed by atoms with E-state index in [-0.39, 0.29) is 24.9 Å². The van der Waals surface area contributed by atoms with Crippen molar-refractivity contribution in [2.75, 3.05) is 46.7 Å². The molecule has 0 aromatic heterocycles. The highest BCUT2D eigenvalue weighted by Gasteiger charge is 2.15. The molecular formula is C22H29N3O4. The Balaban J connectivity index is 1.85. The molecule has 2 rings (SSSR count). The molecule has 7 nitrogen and oxygen atoms in total. The summed E-state index contributed by atoms with van der Waals surface area (Å²) in [5, 5.41) is 2.83. The minimum atomic E-state index is -0.160. The van der Waals surface area contributed by atoms with E-state index in [9.17, 15) is 9.59 Å². The normalized spacial score (nSPS) is 10.6. The smallest absolute Gasteiger partial charge is 0.238 e. The molecule has 0 aliphatic rings. The second kappa shape index (κ2) is 10.5. The lowest BCUT2D eigenvalue weighted by Gasteiger charge is -2.22. The Hall–Kier alpha value is -3.06. The summed E-state index contributed by atoms with van der Waals surface area (Å²) >= 11 is 0. The molecule has 0 atom stereocenters. The third-order valence-corrected chi connectivity index (χ3v) is 4.45. The zero-order chi connectivity index (χ0) is 21.4. The first-order chi connectivity index (χ1) is 13.8. The molecular weight excluding hydrogens is 370 g/mol. The van der Waals surface area contributed by atoms with Crippen LogP contribution in [0.1, 0.15) is 11.1 Å². The van der Waals surface area contributed by atoms with Gasteiger partial charge >= 0.3 is 0 Å². The first kappa shape index (κ1) is 22.2. The van der Waals surface area contributed by atoms with E-state index in [1.807, 2.05) is 49.4 Å². The predicted molar refractivity (Wildman–Crippen MR) is 113 cm³/mol. The number of nitrogens with one attached hydrogen (secondary N) is 1. The zero-order valence-corrected chi connectivity index (χ0v) is 17.7. The van der Waals surface area contributed by atoms with Crippen molar-refractivity contribution in [1.29, 1.82) is 0 Å². The van der Waals surface area contributed by atoms with Crippen molar-refractivity contribution in [1.82, 2.24) is 9.80 Å². The second-order valence-electron chi connectivity index (χ2n) is 7.03. The molecule has 0 spiro atoms. The van der Waals surface area contributed by atoms with Crippen molar-refractivity contribution in [3.63, 3.8) is 0 Å². The van der Waals surface area contributed by atoms with Crippen LogP contribution < -0.4 is 14.8 Å². The predicted octanol–water partition coefficient (Wildman–Crippen LogP) is 2.54. The number of rotatable bonds is 9. The molecule has 2 aromatic rings. The Kier molecular flexibility index (Phi) is 8.03. The third kappa shape index (κ3) is 6.80. The lowest BCUT2D eigenvalue weighted by Crippen LogP contribution is -2.39. The minimum Gasteiger partial charge on any atom is -0.493 e. The fourth-order valence-corrected chi connectivity index (χ4v) is 2.83. The molecule has 0 saturated heterocycles. The highest BCUT2D eigenvalue weighted by Crippen LogP contribution is 2.27. The maximum Gasteiger partial charge on any atom is 0.238 e. The second-order valence-corrected chi connectivity index (χ2v) is 7.03. The van der Waals surface area contributed by atoms with Crippen LogP contribution >= 0.6 is 0 Å². The van der Waals surface area contributed by atoms with E-state index in [1.54, 1.807) is 38.1 Å². The lowest BCUT2D eigenvalue weighted by molar-refractivity contribution is -0.131. The minimum absolute atomic E-state index is 0.0783. The highest BCUT2D eigenvalue weighted by molar-refractivity contribution is 5.92. The lowest BCUT2D eigenvalue weighted by atomic mass is 10.2. The van der Waals surface area contributed by atoms with Crippen molar-refractivity contribution in [3.05, 3.63) is 53.6 Å². The van der Waals surface area contributed by atoms with Crippen LogP contribution in [0.3, 0.4) is 0 Å². The van der Waals surface area contributed by atoms with Crippen molar-refractivity contribution in [3.8, 4) is 11.5 Å². The molecule has 0 fully saturated rings. The first-order valence-corrected chi connectivity index (χ1v) is 9.32. The van der Waals surface area contributed by atoms with E-state index in [0.717, 1.165) is 16.8 Å². The number of nitrogens with zero attached hydrogens (tertiary/aromatic N) is 2. The van der Waals surface area contributed by atoms with Crippen molar-refractivity contribution >= 4 is 17.5 Å². The summed E-state index contributed by atoms with van der Waals surface area (Å²) in [5.74, 6) is 1.03. The maximum atomic E-state index is 12.5. The Labute approximate surface area is 172 Å². The molecule has 0 aliphatic heterocycles. The van der Waals surface area contributed by atoms with E-state index in [1.165, 1.54) is 0 Å². The van der Waals surface area contributed by atoms with Gasteiger partial charge in [-0.2, -0.15) is 0 Å². The zero-order valence-electron chi connectivity index (χ0n) is 17.7. The number of carbonyl (C=O) groups excluding carboxylic acids is 2. The average molecular weight is 399 g/mol. The number of hydrogen-bond donors (Lipinski definition) is 1. The molecule has 0 aliphatic carbocycles. The van der Waals surface area contributed by atoms with Crippen LogP contribution in [0.5, 0.6) is 11.5 Å². The van der Waals surface area contributed by atoms with Gasteiger partial charge in [-0.15, -0.1) is 0 Å². The number of benzene rings is 2. The Bertz CT molecular complexity index is 836. The van der Waals surface area contributed by atoms with Crippen molar-refractivity contribution in [2.45, 2.75) is 13.5 Å². The average Bonchev–Trinajstić information content (AvgIpc) is 2.69. The van der Waals surface area contributed by atoms with Crippen LogP contribution in [-0.2, 0) is 16.1 Å². The summed E-state index contributed by atoms with van der Waals surface area (Å²) in [5.41, 5.74) is 2.80. The molecule has 7 heteroatoms. The van der Waals surface area contributed by atoms with E-state index < -0.39 is 0 Å². The molecule has 29 heavy (non-hydrogen) atoms. The fraction of sp³-hybridized carbons (Fsp3) is 0.364. The van der Waals surface area contributed by atoms with Crippen molar-refractivity contribution in [2.24, 2.45) is 0 Å². The number of amides is 2. The molecule has 2 amide bonds. The van der Waals surface area contributed by atoms with Crippen LogP contribution in [0.2, 0.25) is 0 Å². The number of carbonyl (C=O) groups is 2. The molecule has 2 aromatic carbocycles. The van der Waals surface area contributed by atoms with E-state index >= 15 is 0 Å². The van der Waals surface area contributed by atoms with Crippen LogP contribution in [0.25, 0.3) is 0 Å². The summed E-state index contributed by atoms with van der Waals surface area (Å²) in [7, 11) is 6.64. The molecule has 0 heterocycles. The number of ether oxygens (including phenoxy) is 2. The summed E-state index contributed by atoms with van der Waals surface area (Å²) in [6.45, 7) is 2.70. The molecule has 0 unspecified atom stereocenters. The van der Waals surface area contributed by atoms with Crippen LogP contribution in [0.15, 0.2) is 42.5 Å². The van der Waals surface area contributed by atoms with Crippen molar-refractivity contribution < 1.29 is 19.1 Å². The summed E-state index contributed by atoms with van der Waals surface area (Å²) in [6.07, 6.45) is 0. The van der Waals surface area contributed by atoms with Gasteiger partial charge < -0.3 is 19.7 Å². The van der Waals surface area contributed by atoms with Gasteiger partial charge in [0.1, 0.15) is 0 Å². The number of methoxy groups -OCH3 is 2. The van der Waals surface area contributed by atoms with E-state index in [0.29, 0.717) is 18.0 Å². The molecule has 0 radical (unpaired) electrons. The maximum absolute atomic E-state index is 12.5. The van der Waals surface area contributed by atoms with Gasteiger partial charge in [0, 0.05) is 19.3 Å². The molecule has 1 N–H and O–H groups in total. The van der Waals surface area contributed by atoms with E-state index in [2.05, 4.69) is 5.32 Å². The molecule has 0 saturated carbocycles. The Morgan fingerprint density at radius 2 is 1.59 bits per heavy atom. The monoisotopic (exact) mass is 399 g/mol. The van der Waals surface area contributed by atoms with Gasteiger partial charge in [0.15, 0.2) is 11.5 Å². The number of anilines is 1. The van der Waals surface area contributed by atoms with Gasteiger partial charge in [0.25, 0.3) is 0 Å². The van der Waals surface area contributed by atoms with E-state index in [4.69, 9.17) is 9.47 Å². The fourth-order valence-electron chi connectivity index (χ4n) is 2.83. The Morgan fingerprint density at radius 1 is 0.931 bits per heavy atom. The largest absolute Gasteiger partial charge is 0.493 e. The number of hydrogen-bond acceptors (Lipinski definition) is 5. The quantitative estimate of drug-likeness (QED) is 0.702. The van der Waals surface area contributed by atoms with Gasteiger partial charge in [-0.05, 0) is 43.8 Å². The third-order valence-electron chi connectivity index (χ3n) is 4.45. The van der Waals surface area contributed by atoms with Gasteiger partial charge in [0.05, 0.1) is 27.3 Å². The summed E-state index contributed by atoms with van der Waals surface area (Å²) < 4.78 is 10.5. The number of aryl methyl sites for hydroxylation is 1. The SMILES string of the molecule is COc1ccc(CN(C)C(=O)CN(C)CC(=O)Nc2ccc(C)cc2)cc1OC. The van der Waals surface area contributed by atoms with Gasteiger partial charge in [-0.3, -0.25) is 14.5 Å². The summed E-state index contributed by atoms with van der Waals surface area (Å²) in [4.78, 5) is 28.0. The van der Waals surface area contributed by atoms with Gasteiger partial charge in [0.2, 0.25) is 11.8 Å².